The fourth-order valence-electron chi connectivity index (χ4n) is 2.57. The van der Waals surface area contributed by atoms with E-state index in [1.165, 1.54) is 4.90 Å². The molecule has 1 aromatic carbocycles. The second-order valence-corrected chi connectivity index (χ2v) is 5.83. The molecule has 1 amide bonds. The molecule has 0 bridgehead atoms. The van der Waals surface area contributed by atoms with Gasteiger partial charge in [-0.2, -0.15) is 0 Å². The number of hydrogen-bond acceptors (Lipinski definition) is 2. The van der Waals surface area contributed by atoms with Crippen LogP contribution in [0.25, 0.3) is 6.08 Å². The van der Waals surface area contributed by atoms with Crippen LogP contribution in [0.1, 0.15) is 41.8 Å². The lowest BCUT2D eigenvalue weighted by atomic mass is 9.95. The zero-order valence-corrected chi connectivity index (χ0v) is 12.5. The number of carboxylic acids is 1. The smallest absolute Gasteiger partial charge is 0.323 e. The van der Waals surface area contributed by atoms with Crippen LogP contribution in [0.2, 0.25) is 0 Å². The van der Waals surface area contributed by atoms with E-state index in [0.29, 0.717) is 12.1 Å². The van der Waals surface area contributed by atoms with Gasteiger partial charge in [-0.1, -0.05) is 32.1 Å². The minimum atomic E-state index is -0.982. The van der Waals surface area contributed by atoms with Gasteiger partial charge in [0.1, 0.15) is 6.54 Å². The van der Waals surface area contributed by atoms with Crippen molar-refractivity contribution in [2.24, 2.45) is 5.92 Å². The van der Waals surface area contributed by atoms with Gasteiger partial charge in [0.25, 0.3) is 5.91 Å². The van der Waals surface area contributed by atoms with Crippen LogP contribution >= 0.6 is 0 Å². The summed E-state index contributed by atoms with van der Waals surface area (Å²) in [4.78, 5) is 24.9. The van der Waals surface area contributed by atoms with Crippen molar-refractivity contribution < 1.29 is 14.7 Å². The Morgan fingerprint density at radius 3 is 2.76 bits per heavy atom. The average molecular weight is 287 g/mol. The van der Waals surface area contributed by atoms with Gasteiger partial charge in [-0.3, -0.25) is 9.59 Å². The van der Waals surface area contributed by atoms with Crippen LogP contribution in [0.4, 0.5) is 0 Å². The summed E-state index contributed by atoms with van der Waals surface area (Å²) in [5.41, 5.74) is 2.88. The van der Waals surface area contributed by atoms with E-state index >= 15 is 0 Å². The number of benzene rings is 1. The van der Waals surface area contributed by atoms with E-state index in [4.69, 9.17) is 5.11 Å². The molecule has 0 fully saturated rings. The van der Waals surface area contributed by atoms with E-state index in [-0.39, 0.29) is 18.4 Å². The highest BCUT2D eigenvalue weighted by Gasteiger charge is 2.20. The van der Waals surface area contributed by atoms with Crippen LogP contribution < -0.4 is 0 Å². The molecule has 0 heterocycles. The number of fused-ring (bicyclic) bond motifs is 1. The maximum Gasteiger partial charge on any atom is 0.323 e. The van der Waals surface area contributed by atoms with Crippen LogP contribution in [-0.4, -0.2) is 35.0 Å². The van der Waals surface area contributed by atoms with Crippen LogP contribution in [0.3, 0.4) is 0 Å². The maximum atomic E-state index is 12.5. The molecular formula is C17H21NO3. The van der Waals surface area contributed by atoms with Gasteiger partial charge < -0.3 is 10.0 Å². The van der Waals surface area contributed by atoms with Gasteiger partial charge >= 0.3 is 5.97 Å². The molecule has 0 atom stereocenters. The maximum absolute atomic E-state index is 12.5. The first-order chi connectivity index (χ1) is 9.97. The van der Waals surface area contributed by atoms with Gasteiger partial charge in [0.15, 0.2) is 0 Å². The molecule has 112 valence electrons. The number of aryl methyl sites for hydroxylation is 1. The van der Waals surface area contributed by atoms with Crippen LogP contribution in [0.15, 0.2) is 24.3 Å². The molecule has 0 saturated carbocycles. The molecular weight excluding hydrogens is 266 g/mol. The van der Waals surface area contributed by atoms with E-state index in [0.717, 1.165) is 24.0 Å². The Bertz CT molecular complexity index is 575. The minimum Gasteiger partial charge on any atom is -0.480 e. The van der Waals surface area contributed by atoms with Gasteiger partial charge in [-0.05, 0) is 42.0 Å². The van der Waals surface area contributed by atoms with Gasteiger partial charge in [-0.15, -0.1) is 0 Å². The number of amides is 1. The normalized spacial score (nSPS) is 13.1. The predicted molar refractivity (Wildman–Crippen MR) is 82.2 cm³/mol. The lowest BCUT2D eigenvalue weighted by Crippen LogP contribution is -2.38. The Hall–Kier alpha value is -2.10. The molecule has 1 aromatic rings. The number of allylic oxidation sites excluding steroid dienone is 1. The second kappa shape index (κ2) is 6.57. The van der Waals surface area contributed by atoms with Gasteiger partial charge in [-0.25, -0.2) is 0 Å². The van der Waals surface area contributed by atoms with Crippen LogP contribution in [-0.2, 0) is 11.2 Å². The standard InChI is InChI=1S/C17H21NO3/c1-12(2)10-18(11-16(19)20)17(21)15-8-7-13-5-3-4-6-14(13)9-15/h3,5,7-9,12H,4,6,10-11H2,1-2H3,(H,19,20). The third-order valence-corrected chi connectivity index (χ3v) is 3.47. The summed E-state index contributed by atoms with van der Waals surface area (Å²) in [6, 6.07) is 5.62. The molecule has 0 spiro atoms. The first-order valence-corrected chi connectivity index (χ1v) is 7.28. The molecule has 1 N–H and O–H groups in total. The summed E-state index contributed by atoms with van der Waals surface area (Å²) in [5, 5.41) is 8.98. The van der Waals surface area contributed by atoms with E-state index in [1.54, 1.807) is 6.07 Å². The number of carbonyl (C=O) groups is 2. The molecule has 1 aliphatic carbocycles. The average Bonchev–Trinajstić information content (AvgIpc) is 2.44. The highest BCUT2D eigenvalue weighted by atomic mass is 16.4. The fourth-order valence-corrected chi connectivity index (χ4v) is 2.57. The van der Waals surface area contributed by atoms with Crippen molar-refractivity contribution in [3.63, 3.8) is 0 Å². The molecule has 4 heteroatoms. The Kier molecular flexibility index (Phi) is 4.78. The number of aliphatic carboxylic acids is 1. The van der Waals surface area contributed by atoms with Crippen LogP contribution in [0, 0.1) is 5.92 Å². The SMILES string of the molecule is CC(C)CN(CC(=O)O)C(=O)c1ccc2c(c1)CCC=C2. The van der Waals surface area contributed by atoms with Crippen LogP contribution in [0.5, 0.6) is 0 Å². The second-order valence-electron chi connectivity index (χ2n) is 5.83. The third-order valence-electron chi connectivity index (χ3n) is 3.47. The van der Waals surface area contributed by atoms with E-state index in [9.17, 15) is 9.59 Å². The predicted octanol–water partition coefficient (Wildman–Crippen LogP) is 2.83. The van der Waals surface area contributed by atoms with Gasteiger partial charge in [0.2, 0.25) is 0 Å². The number of nitrogens with zero attached hydrogens (tertiary/aromatic N) is 1. The van der Waals surface area contributed by atoms with Crippen molar-refractivity contribution in [1.82, 2.24) is 4.90 Å². The molecule has 0 aliphatic heterocycles. The highest BCUT2D eigenvalue weighted by molar-refractivity contribution is 5.96. The summed E-state index contributed by atoms with van der Waals surface area (Å²) >= 11 is 0. The molecule has 4 nitrogen and oxygen atoms in total. The number of carboxylic acid groups (broad SMARTS) is 1. The molecule has 1 aliphatic rings. The molecule has 0 aromatic heterocycles. The largest absolute Gasteiger partial charge is 0.480 e. The number of hydrogen-bond donors (Lipinski definition) is 1. The molecule has 0 unspecified atom stereocenters. The summed E-state index contributed by atoms with van der Waals surface area (Å²) in [7, 11) is 0. The van der Waals surface area contributed by atoms with Crippen molar-refractivity contribution in [1.29, 1.82) is 0 Å². The van der Waals surface area contributed by atoms with E-state index in [1.807, 2.05) is 26.0 Å². The van der Waals surface area contributed by atoms with Crippen molar-refractivity contribution >= 4 is 18.0 Å². The number of carbonyl (C=O) groups excluding carboxylic acids is 1. The highest BCUT2D eigenvalue weighted by Crippen LogP contribution is 2.21. The molecule has 0 radical (unpaired) electrons. The summed E-state index contributed by atoms with van der Waals surface area (Å²) in [5.74, 6) is -0.956. The molecule has 21 heavy (non-hydrogen) atoms. The van der Waals surface area contributed by atoms with Crippen molar-refractivity contribution in [3.8, 4) is 0 Å². The first-order valence-electron chi connectivity index (χ1n) is 7.28. The summed E-state index contributed by atoms with van der Waals surface area (Å²) in [6.45, 7) is 4.13. The summed E-state index contributed by atoms with van der Waals surface area (Å²) < 4.78 is 0. The summed E-state index contributed by atoms with van der Waals surface area (Å²) in [6.07, 6.45) is 6.10. The first kappa shape index (κ1) is 15.3. The van der Waals surface area contributed by atoms with Gasteiger partial charge in [0.05, 0.1) is 0 Å². The molecule has 2 rings (SSSR count). The monoisotopic (exact) mass is 287 g/mol. The Labute approximate surface area is 125 Å². The van der Waals surface area contributed by atoms with E-state index in [2.05, 4.69) is 12.2 Å². The molecule has 0 saturated heterocycles. The van der Waals surface area contributed by atoms with Gasteiger partial charge in [0, 0.05) is 12.1 Å². The zero-order chi connectivity index (χ0) is 15.4. The van der Waals surface area contributed by atoms with Crippen molar-refractivity contribution in [2.45, 2.75) is 26.7 Å². The minimum absolute atomic E-state index is 0.205. The van der Waals surface area contributed by atoms with Crippen molar-refractivity contribution in [3.05, 3.63) is 41.0 Å². The fraction of sp³-hybridized carbons (Fsp3) is 0.412. The lowest BCUT2D eigenvalue weighted by Gasteiger charge is -2.23. The van der Waals surface area contributed by atoms with Crippen molar-refractivity contribution in [2.75, 3.05) is 13.1 Å². The Morgan fingerprint density at radius 1 is 1.33 bits per heavy atom. The number of rotatable bonds is 5. The van der Waals surface area contributed by atoms with E-state index < -0.39 is 5.97 Å². The zero-order valence-electron chi connectivity index (χ0n) is 12.5. The Balaban J connectivity index is 2.23. The topological polar surface area (TPSA) is 57.6 Å². The third kappa shape index (κ3) is 3.94. The Morgan fingerprint density at radius 2 is 2.10 bits per heavy atom. The lowest BCUT2D eigenvalue weighted by molar-refractivity contribution is -0.137. The quantitative estimate of drug-likeness (QED) is 0.906.